The number of H-pyrrole nitrogens is 1. The smallest absolute Gasteiger partial charge is 0.178 e. The summed E-state index contributed by atoms with van der Waals surface area (Å²) in [6, 6.07) is 9.33. The Morgan fingerprint density at radius 1 is 1.24 bits per heavy atom. The first-order valence-electron chi connectivity index (χ1n) is 5.33. The van der Waals surface area contributed by atoms with Gasteiger partial charge in [0.2, 0.25) is 0 Å². The third-order valence-electron chi connectivity index (χ3n) is 2.72. The molecule has 0 bridgehead atoms. The summed E-state index contributed by atoms with van der Waals surface area (Å²) in [4.78, 5) is 2.88. The molecule has 5 heteroatoms. The molecule has 0 unspecified atom stereocenters. The summed E-state index contributed by atoms with van der Waals surface area (Å²) in [5.41, 5.74) is 1.62. The first-order chi connectivity index (χ1) is 8.27. The van der Waals surface area contributed by atoms with E-state index < -0.39 is 0 Å². The first kappa shape index (κ1) is 12.0. The Morgan fingerprint density at radius 2 is 1.94 bits per heavy atom. The van der Waals surface area contributed by atoms with Crippen molar-refractivity contribution in [3.8, 4) is 0 Å². The molecule has 0 spiro atoms. The van der Waals surface area contributed by atoms with Crippen molar-refractivity contribution in [2.45, 2.75) is 12.6 Å². The van der Waals surface area contributed by atoms with Crippen LogP contribution in [0.5, 0.6) is 0 Å². The Balaban J connectivity index is 2.49. The molecule has 0 saturated heterocycles. The molecule has 1 atom stereocenters. The van der Waals surface area contributed by atoms with E-state index >= 15 is 0 Å². The summed E-state index contributed by atoms with van der Waals surface area (Å²) in [6.45, 7) is -0.181. The van der Waals surface area contributed by atoms with Crippen molar-refractivity contribution < 1.29 is 10.2 Å². The molecule has 0 radical (unpaired) electrons. The van der Waals surface area contributed by atoms with Gasteiger partial charge in [0.25, 0.3) is 0 Å². The molecule has 1 aromatic heterocycles. The molecule has 0 amide bonds. The van der Waals surface area contributed by atoms with E-state index in [9.17, 15) is 10.2 Å². The van der Waals surface area contributed by atoms with E-state index in [1.165, 1.54) is 0 Å². The van der Waals surface area contributed by atoms with Gasteiger partial charge in [-0.25, -0.2) is 0 Å². The van der Waals surface area contributed by atoms with Crippen LogP contribution in [0.4, 0.5) is 0 Å². The molecule has 0 saturated carbocycles. The van der Waals surface area contributed by atoms with Gasteiger partial charge in [0, 0.05) is 6.20 Å². The second-order valence-corrected chi connectivity index (χ2v) is 4.11. The van der Waals surface area contributed by atoms with E-state index in [4.69, 9.17) is 12.2 Å². The lowest BCUT2D eigenvalue weighted by Gasteiger charge is -2.18. The molecular weight excluding hydrogens is 236 g/mol. The van der Waals surface area contributed by atoms with Gasteiger partial charge >= 0.3 is 0 Å². The van der Waals surface area contributed by atoms with Crippen molar-refractivity contribution in [1.82, 2.24) is 9.55 Å². The van der Waals surface area contributed by atoms with Gasteiger partial charge in [0.15, 0.2) is 4.77 Å². The topological polar surface area (TPSA) is 61.2 Å². The molecule has 0 aliphatic rings. The van der Waals surface area contributed by atoms with Gasteiger partial charge in [-0.1, -0.05) is 30.3 Å². The fourth-order valence-corrected chi connectivity index (χ4v) is 2.19. The maximum absolute atomic E-state index is 9.53. The number of rotatable bonds is 4. The van der Waals surface area contributed by atoms with Crippen molar-refractivity contribution in [3.05, 3.63) is 52.6 Å². The third kappa shape index (κ3) is 2.31. The van der Waals surface area contributed by atoms with Crippen LogP contribution in [0.1, 0.15) is 17.3 Å². The predicted octanol–water partition coefficient (Wildman–Crippen LogP) is 1.62. The molecule has 4 nitrogen and oxygen atoms in total. The van der Waals surface area contributed by atoms with Crippen LogP contribution in [0.3, 0.4) is 0 Å². The predicted molar refractivity (Wildman–Crippen MR) is 67.2 cm³/mol. The number of nitrogens with zero attached hydrogens (tertiary/aromatic N) is 1. The van der Waals surface area contributed by atoms with Crippen LogP contribution in [0.2, 0.25) is 0 Å². The summed E-state index contributed by atoms with van der Waals surface area (Å²) in [5, 5.41) is 18.8. The number of aromatic amines is 1. The quantitative estimate of drug-likeness (QED) is 0.723. The molecule has 2 aromatic rings. The molecule has 90 valence electrons. The van der Waals surface area contributed by atoms with Gasteiger partial charge in [0.05, 0.1) is 24.9 Å². The summed E-state index contributed by atoms with van der Waals surface area (Å²) in [5.74, 6) is 0. The highest BCUT2D eigenvalue weighted by Crippen LogP contribution is 2.20. The monoisotopic (exact) mass is 250 g/mol. The summed E-state index contributed by atoms with van der Waals surface area (Å²) >= 11 is 5.17. The van der Waals surface area contributed by atoms with E-state index in [0.717, 1.165) is 5.56 Å². The van der Waals surface area contributed by atoms with E-state index in [-0.39, 0.29) is 19.3 Å². The lowest BCUT2D eigenvalue weighted by atomic mass is 10.1. The van der Waals surface area contributed by atoms with E-state index in [1.807, 2.05) is 30.3 Å². The fraction of sp³-hybridized carbons (Fsp3) is 0.250. The minimum atomic E-state index is -0.267. The number of imidazole rings is 1. The first-order valence-corrected chi connectivity index (χ1v) is 5.74. The highest BCUT2D eigenvalue weighted by molar-refractivity contribution is 7.71. The van der Waals surface area contributed by atoms with Crippen molar-refractivity contribution in [2.75, 3.05) is 6.61 Å². The zero-order valence-corrected chi connectivity index (χ0v) is 10.0. The normalized spacial score (nSPS) is 12.6. The van der Waals surface area contributed by atoms with E-state index in [2.05, 4.69) is 4.98 Å². The third-order valence-corrected chi connectivity index (χ3v) is 3.04. The summed E-state index contributed by atoms with van der Waals surface area (Å²) in [6.07, 6.45) is 1.66. The minimum Gasteiger partial charge on any atom is -0.394 e. The van der Waals surface area contributed by atoms with Crippen LogP contribution in [0, 0.1) is 4.77 Å². The van der Waals surface area contributed by atoms with Crippen LogP contribution in [0.25, 0.3) is 0 Å². The van der Waals surface area contributed by atoms with Gasteiger partial charge in [-0.2, -0.15) is 0 Å². The number of hydrogen-bond acceptors (Lipinski definition) is 3. The summed E-state index contributed by atoms with van der Waals surface area (Å²) in [7, 11) is 0. The fourth-order valence-electron chi connectivity index (χ4n) is 1.89. The molecular formula is C12H14N2O2S. The Kier molecular flexibility index (Phi) is 3.73. The Hall–Kier alpha value is -1.43. The number of aromatic nitrogens is 2. The Morgan fingerprint density at radius 3 is 2.53 bits per heavy atom. The molecule has 1 heterocycles. The molecule has 17 heavy (non-hydrogen) atoms. The maximum atomic E-state index is 9.53. The maximum Gasteiger partial charge on any atom is 0.178 e. The second-order valence-electron chi connectivity index (χ2n) is 3.72. The van der Waals surface area contributed by atoms with Gasteiger partial charge in [-0.3, -0.25) is 0 Å². The highest BCUT2D eigenvalue weighted by atomic mass is 32.1. The van der Waals surface area contributed by atoms with Crippen LogP contribution in [-0.4, -0.2) is 26.4 Å². The average molecular weight is 250 g/mol. The van der Waals surface area contributed by atoms with Crippen molar-refractivity contribution in [2.24, 2.45) is 0 Å². The van der Waals surface area contributed by atoms with E-state index in [0.29, 0.717) is 10.5 Å². The minimum absolute atomic E-state index is 0.0663. The lowest BCUT2D eigenvalue weighted by molar-refractivity contribution is 0.230. The Labute approximate surface area is 104 Å². The molecule has 3 N–H and O–H groups in total. The number of hydrogen-bond donors (Lipinski definition) is 3. The van der Waals surface area contributed by atoms with Crippen LogP contribution in [-0.2, 0) is 6.61 Å². The van der Waals surface area contributed by atoms with Crippen molar-refractivity contribution >= 4 is 12.2 Å². The number of aliphatic hydroxyl groups excluding tert-OH is 2. The van der Waals surface area contributed by atoms with Crippen molar-refractivity contribution in [3.63, 3.8) is 0 Å². The standard InChI is InChI=1S/C12H14N2O2S/c15-7-10-6-13-12(17)14(10)11(8-16)9-4-2-1-3-5-9/h1-6,11,15-16H,7-8H2,(H,13,17)/t11-/m0/s1. The number of nitrogens with one attached hydrogen (secondary N) is 1. The van der Waals surface area contributed by atoms with Gasteiger partial charge in [-0.05, 0) is 17.8 Å². The molecule has 0 fully saturated rings. The van der Waals surface area contributed by atoms with Crippen LogP contribution >= 0.6 is 12.2 Å². The van der Waals surface area contributed by atoms with Crippen LogP contribution < -0.4 is 0 Å². The zero-order chi connectivity index (χ0) is 12.3. The van der Waals surface area contributed by atoms with E-state index in [1.54, 1.807) is 10.8 Å². The van der Waals surface area contributed by atoms with Gasteiger partial charge in [-0.15, -0.1) is 0 Å². The molecule has 0 aliphatic carbocycles. The number of benzene rings is 1. The second kappa shape index (κ2) is 5.27. The molecule has 1 aromatic carbocycles. The average Bonchev–Trinajstić information content (AvgIpc) is 2.74. The lowest BCUT2D eigenvalue weighted by Crippen LogP contribution is -2.17. The summed E-state index contributed by atoms with van der Waals surface area (Å²) < 4.78 is 2.24. The Bertz CT molecular complexity index is 533. The van der Waals surface area contributed by atoms with Gasteiger partial charge < -0.3 is 19.8 Å². The van der Waals surface area contributed by atoms with Crippen molar-refractivity contribution in [1.29, 1.82) is 0 Å². The highest BCUT2D eigenvalue weighted by Gasteiger charge is 2.16. The SMILES string of the molecule is OCc1c[nH]c(=S)n1[C@@H](CO)c1ccccc1. The molecule has 2 rings (SSSR count). The number of aliphatic hydroxyl groups is 2. The largest absolute Gasteiger partial charge is 0.394 e. The van der Waals surface area contributed by atoms with Crippen LogP contribution in [0.15, 0.2) is 36.5 Å². The van der Waals surface area contributed by atoms with Gasteiger partial charge in [0.1, 0.15) is 0 Å². The zero-order valence-electron chi connectivity index (χ0n) is 9.21. The molecule has 0 aliphatic heterocycles.